The van der Waals surface area contributed by atoms with Crippen molar-refractivity contribution in [3.63, 3.8) is 0 Å². The van der Waals surface area contributed by atoms with Crippen LogP contribution in [-0.4, -0.2) is 31.7 Å². The molecule has 3 aromatic rings. The number of rotatable bonds is 7. The minimum atomic E-state index is -0.568. The van der Waals surface area contributed by atoms with Gasteiger partial charge in [-0.25, -0.2) is 5.43 Å². The molecule has 3 rings (SSSR count). The molecule has 2 aromatic heterocycles. The summed E-state index contributed by atoms with van der Waals surface area (Å²) < 4.78 is 1.95. The molecule has 1 amide bonds. The Morgan fingerprint density at radius 2 is 1.93 bits per heavy atom. The zero-order valence-corrected chi connectivity index (χ0v) is 16.8. The molecule has 0 radical (unpaired) electrons. The number of hydrogen-bond donors (Lipinski definition) is 1. The van der Waals surface area contributed by atoms with Crippen molar-refractivity contribution >= 4 is 50.1 Å². The summed E-state index contributed by atoms with van der Waals surface area (Å²) in [5.41, 5.74) is 3.17. The van der Waals surface area contributed by atoms with Crippen LogP contribution < -0.4 is 5.43 Å². The number of nitrogens with zero attached hydrogens (tertiary/aromatic N) is 5. The van der Waals surface area contributed by atoms with Crippen molar-refractivity contribution in [3.05, 3.63) is 83.4 Å². The molecule has 0 aliphatic rings. The van der Waals surface area contributed by atoms with Crippen molar-refractivity contribution in [2.45, 2.75) is 6.54 Å². The highest BCUT2D eigenvalue weighted by Crippen LogP contribution is 2.22. The van der Waals surface area contributed by atoms with Gasteiger partial charge in [0, 0.05) is 24.4 Å². The van der Waals surface area contributed by atoms with Gasteiger partial charge in [0.25, 0.3) is 11.6 Å². The first-order chi connectivity index (χ1) is 13.8. The van der Waals surface area contributed by atoms with E-state index in [1.807, 2.05) is 0 Å². The van der Waals surface area contributed by atoms with Gasteiger partial charge in [-0.1, -0.05) is 23.5 Å². The Labute approximate surface area is 175 Å². The molecular weight excluding hydrogens is 468 g/mol. The fourth-order valence-electron chi connectivity index (χ4n) is 2.26. The Morgan fingerprint density at radius 1 is 1.21 bits per heavy atom. The van der Waals surface area contributed by atoms with Crippen LogP contribution in [0.25, 0.3) is 0 Å². The number of nitro benzene ring substituents is 1. The smallest absolute Gasteiger partial charge is 0.266 e. The fourth-order valence-corrected chi connectivity index (χ4v) is 3.45. The quantitative estimate of drug-likeness (QED) is 0.313. The number of non-ortho nitro benzene ring substituents is 1. The molecule has 0 saturated carbocycles. The number of amides is 1. The fraction of sp³-hybridized carbons (Fsp3) is 0.0625. The Kier molecular flexibility index (Phi) is 6.09. The second-order valence-corrected chi connectivity index (χ2v) is 7.53. The predicted octanol–water partition coefficient (Wildman–Crippen LogP) is 3.34. The standard InChI is InChI=1S/C16H11BrN6O5S/c17-13-9-21(8-10-1-3-11(4-2-10)22(25)26)20-15(13)16(24)19-18-7-12-5-6-14(29-12)23(27)28/h1-7,9H,8H2,(H,19,24)/b18-7-. The van der Waals surface area contributed by atoms with Crippen molar-refractivity contribution in [1.82, 2.24) is 15.2 Å². The molecule has 11 nitrogen and oxygen atoms in total. The van der Waals surface area contributed by atoms with E-state index in [-0.39, 0.29) is 16.4 Å². The molecule has 0 fully saturated rings. The molecule has 0 spiro atoms. The third kappa shape index (κ3) is 5.08. The predicted molar refractivity (Wildman–Crippen MR) is 108 cm³/mol. The number of carbonyl (C=O) groups is 1. The van der Waals surface area contributed by atoms with Crippen molar-refractivity contribution in [2.24, 2.45) is 5.10 Å². The minimum Gasteiger partial charge on any atom is -0.266 e. The molecule has 0 atom stereocenters. The van der Waals surface area contributed by atoms with Gasteiger partial charge in [0.2, 0.25) is 0 Å². The van der Waals surface area contributed by atoms with Crippen LogP contribution >= 0.6 is 27.3 Å². The van der Waals surface area contributed by atoms with Crippen LogP contribution in [0.3, 0.4) is 0 Å². The van der Waals surface area contributed by atoms with Crippen LogP contribution in [-0.2, 0) is 6.54 Å². The van der Waals surface area contributed by atoms with Gasteiger partial charge < -0.3 is 0 Å². The number of aromatic nitrogens is 2. The topological polar surface area (TPSA) is 146 Å². The first-order valence-electron chi connectivity index (χ1n) is 7.87. The van der Waals surface area contributed by atoms with E-state index in [0.717, 1.165) is 16.9 Å². The second kappa shape index (κ2) is 8.70. The number of thiophene rings is 1. The monoisotopic (exact) mass is 478 g/mol. The van der Waals surface area contributed by atoms with Gasteiger partial charge in [0.1, 0.15) is 0 Å². The lowest BCUT2D eigenvalue weighted by Gasteiger charge is -2.01. The maximum absolute atomic E-state index is 12.2. The lowest BCUT2D eigenvalue weighted by Crippen LogP contribution is -2.19. The van der Waals surface area contributed by atoms with Gasteiger partial charge in [-0.05, 0) is 27.6 Å². The van der Waals surface area contributed by atoms with Gasteiger partial charge in [-0.2, -0.15) is 10.2 Å². The number of hydrazone groups is 1. The Morgan fingerprint density at radius 3 is 2.55 bits per heavy atom. The number of nitro groups is 2. The van der Waals surface area contributed by atoms with E-state index in [1.54, 1.807) is 18.3 Å². The number of hydrogen-bond acceptors (Lipinski definition) is 8. The van der Waals surface area contributed by atoms with Crippen LogP contribution in [0.15, 0.2) is 52.2 Å². The van der Waals surface area contributed by atoms with E-state index in [9.17, 15) is 25.0 Å². The van der Waals surface area contributed by atoms with E-state index in [2.05, 4.69) is 31.6 Å². The van der Waals surface area contributed by atoms with E-state index in [1.165, 1.54) is 35.2 Å². The summed E-state index contributed by atoms with van der Waals surface area (Å²) in [6.07, 6.45) is 2.90. The lowest BCUT2D eigenvalue weighted by molar-refractivity contribution is -0.384. The maximum atomic E-state index is 12.2. The summed E-state index contributed by atoms with van der Waals surface area (Å²) in [6, 6.07) is 8.88. The van der Waals surface area contributed by atoms with Crippen molar-refractivity contribution in [1.29, 1.82) is 0 Å². The van der Waals surface area contributed by atoms with Gasteiger partial charge >= 0.3 is 5.00 Å². The molecule has 0 saturated heterocycles. The summed E-state index contributed by atoms with van der Waals surface area (Å²) in [5, 5.41) is 29.3. The van der Waals surface area contributed by atoms with E-state index >= 15 is 0 Å². The Bertz CT molecular complexity index is 1110. The summed E-state index contributed by atoms with van der Waals surface area (Å²) in [6.45, 7) is 0.312. The molecular formula is C16H11BrN6O5S. The van der Waals surface area contributed by atoms with E-state index in [4.69, 9.17) is 0 Å². The third-order valence-corrected chi connectivity index (χ3v) is 5.13. The van der Waals surface area contributed by atoms with Crippen molar-refractivity contribution in [3.8, 4) is 0 Å². The molecule has 0 aliphatic heterocycles. The van der Waals surface area contributed by atoms with E-state index in [0.29, 0.717) is 15.9 Å². The molecule has 13 heteroatoms. The molecule has 0 bridgehead atoms. The first-order valence-corrected chi connectivity index (χ1v) is 9.48. The van der Waals surface area contributed by atoms with Gasteiger partial charge in [0.15, 0.2) is 5.69 Å². The molecule has 1 N–H and O–H groups in total. The largest absolute Gasteiger partial charge is 0.324 e. The molecule has 148 valence electrons. The highest BCUT2D eigenvalue weighted by Gasteiger charge is 2.15. The van der Waals surface area contributed by atoms with Crippen molar-refractivity contribution < 1.29 is 14.6 Å². The SMILES string of the molecule is O=C(N/N=C\c1ccc([N+](=O)[O-])s1)c1nn(Cc2ccc([N+](=O)[O-])cc2)cc1Br. The zero-order valence-electron chi connectivity index (χ0n) is 14.4. The zero-order chi connectivity index (χ0) is 21.0. The second-order valence-electron chi connectivity index (χ2n) is 5.58. The van der Waals surface area contributed by atoms with Gasteiger partial charge in [-0.15, -0.1) is 0 Å². The van der Waals surface area contributed by atoms with Crippen LogP contribution in [0.5, 0.6) is 0 Å². The average molecular weight is 479 g/mol. The number of benzene rings is 1. The highest BCUT2D eigenvalue weighted by molar-refractivity contribution is 9.10. The Balaban J connectivity index is 1.64. The molecule has 0 aliphatic carbocycles. The molecule has 0 unspecified atom stereocenters. The third-order valence-electron chi connectivity index (χ3n) is 3.57. The molecule has 29 heavy (non-hydrogen) atoms. The van der Waals surface area contributed by atoms with Gasteiger partial charge in [-0.3, -0.25) is 29.7 Å². The highest BCUT2D eigenvalue weighted by atomic mass is 79.9. The summed E-state index contributed by atoms with van der Waals surface area (Å²) in [5.74, 6) is -0.568. The van der Waals surface area contributed by atoms with Crippen LogP contribution in [0.4, 0.5) is 10.7 Å². The van der Waals surface area contributed by atoms with Crippen LogP contribution in [0, 0.1) is 20.2 Å². The van der Waals surface area contributed by atoms with Crippen LogP contribution in [0.1, 0.15) is 20.9 Å². The number of carbonyl (C=O) groups excluding carboxylic acids is 1. The van der Waals surface area contributed by atoms with Crippen molar-refractivity contribution in [2.75, 3.05) is 0 Å². The average Bonchev–Trinajstić information content (AvgIpc) is 3.29. The summed E-state index contributed by atoms with van der Waals surface area (Å²) in [4.78, 5) is 33.1. The minimum absolute atomic E-state index is 0.00982. The summed E-state index contributed by atoms with van der Waals surface area (Å²) in [7, 11) is 0. The summed E-state index contributed by atoms with van der Waals surface area (Å²) >= 11 is 4.19. The normalized spacial score (nSPS) is 10.9. The van der Waals surface area contributed by atoms with Crippen LogP contribution in [0.2, 0.25) is 0 Å². The Hall–Kier alpha value is -3.45. The molecule has 1 aromatic carbocycles. The number of halogens is 1. The van der Waals surface area contributed by atoms with Gasteiger partial charge in [0.05, 0.1) is 32.0 Å². The first kappa shape index (κ1) is 20.3. The lowest BCUT2D eigenvalue weighted by atomic mass is 10.2. The molecule has 2 heterocycles. The number of nitrogens with one attached hydrogen (secondary N) is 1. The maximum Gasteiger partial charge on any atom is 0.324 e. The van der Waals surface area contributed by atoms with E-state index < -0.39 is 15.8 Å².